The second-order valence-corrected chi connectivity index (χ2v) is 9.69. The lowest BCUT2D eigenvalue weighted by Crippen LogP contribution is -2.46. The maximum atomic E-state index is 14.9. The fraction of sp³-hybridized carbons (Fsp3) is 0.522. The van der Waals surface area contributed by atoms with Gasteiger partial charge in [0.1, 0.15) is 29.0 Å². The van der Waals surface area contributed by atoms with E-state index in [1.54, 1.807) is 13.2 Å². The van der Waals surface area contributed by atoms with Crippen LogP contribution in [0.4, 0.5) is 19.0 Å². The number of rotatable bonds is 5. The van der Waals surface area contributed by atoms with Gasteiger partial charge in [0, 0.05) is 24.6 Å². The Kier molecular flexibility index (Phi) is 5.43. The predicted molar refractivity (Wildman–Crippen MR) is 118 cm³/mol. The summed E-state index contributed by atoms with van der Waals surface area (Å²) in [5.41, 5.74) is 1.65. The third-order valence-electron chi connectivity index (χ3n) is 6.58. The second-order valence-electron chi connectivity index (χ2n) is 9.69. The second kappa shape index (κ2) is 8.16. The highest BCUT2D eigenvalue weighted by Crippen LogP contribution is 2.51. The molecule has 5 rings (SSSR count). The lowest BCUT2D eigenvalue weighted by molar-refractivity contribution is 0.145. The third-order valence-corrected chi connectivity index (χ3v) is 6.58. The van der Waals surface area contributed by atoms with E-state index in [0.717, 1.165) is 24.6 Å². The Bertz CT molecular complexity index is 1190. The number of hydrogen-bond donors (Lipinski definition) is 2. The fourth-order valence-electron chi connectivity index (χ4n) is 4.88. The molecule has 176 valence electrons. The highest BCUT2D eigenvalue weighted by Gasteiger charge is 2.39. The largest absolute Gasteiger partial charge is 0.495 e. The average molecular weight is 461 g/mol. The van der Waals surface area contributed by atoms with Crippen molar-refractivity contribution in [1.29, 1.82) is 0 Å². The molecule has 1 saturated carbocycles. The van der Waals surface area contributed by atoms with Crippen LogP contribution in [0.5, 0.6) is 5.75 Å². The quantitative estimate of drug-likeness (QED) is 0.597. The fourth-order valence-corrected chi connectivity index (χ4v) is 4.88. The minimum atomic E-state index is -1.15. The van der Waals surface area contributed by atoms with Crippen molar-refractivity contribution in [2.75, 3.05) is 25.5 Å². The van der Waals surface area contributed by atoms with Crippen LogP contribution in [-0.4, -0.2) is 52.0 Å². The van der Waals surface area contributed by atoms with Gasteiger partial charge in [0.05, 0.1) is 19.3 Å². The summed E-state index contributed by atoms with van der Waals surface area (Å²) in [6.45, 7) is 5.29. The minimum Gasteiger partial charge on any atom is -0.495 e. The zero-order valence-corrected chi connectivity index (χ0v) is 18.8. The minimum absolute atomic E-state index is 0.108. The zero-order chi connectivity index (χ0) is 23.3. The van der Waals surface area contributed by atoms with E-state index in [9.17, 15) is 13.2 Å². The van der Waals surface area contributed by atoms with Crippen LogP contribution in [-0.2, 0) is 0 Å². The standard InChI is InChI=1S/C23H27F3N6O/c1-23(2)8-12(9-23)20-18(33-3)7-19-28-11-17(32(19)31-20)21-14(25)6-15(26)22(30-21)29-16-10-27-5-4-13(16)24/h6-7,11-13,16,27H,4-5,8-10H2,1-3H3,(H,29,30)/t13-,16-/m0/s1. The molecular weight excluding hydrogens is 433 g/mol. The number of anilines is 1. The van der Waals surface area contributed by atoms with Crippen molar-refractivity contribution in [3.8, 4) is 17.1 Å². The molecule has 3 aromatic rings. The zero-order valence-electron chi connectivity index (χ0n) is 18.8. The summed E-state index contributed by atoms with van der Waals surface area (Å²) in [6.07, 6.45) is 2.53. The van der Waals surface area contributed by atoms with E-state index < -0.39 is 23.8 Å². The average Bonchev–Trinajstić information content (AvgIpc) is 3.17. The molecule has 4 heterocycles. The van der Waals surface area contributed by atoms with Crippen molar-refractivity contribution >= 4 is 11.5 Å². The summed E-state index contributed by atoms with van der Waals surface area (Å²) in [6, 6.07) is 1.86. The van der Waals surface area contributed by atoms with Crippen molar-refractivity contribution in [2.24, 2.45) is 5.41 Å². The van der Waals surface area contributed by atoms with Gasteiger partial charge in [-0.25, -0.2) is 27.7 Å². The van der Waals surface area contributed by atoms with Gasteiger partial charge in [-0.15, -0.1) is 0 Å². The number of methoxy groups -OCH3 is 1. The Morgan fingerprint density at radius 2 is 2.00 bits per heavy atom. The van der Waals surface area contributed by atoms with Crippen molar-refractivity contribution in [3.05, 3.63) is 35.7 Å². The van der Waals surface area contributed by atoms with Gasteiger partial charge in [0.15, 0.2) is 23.1 Å². The van der Waals surface area contributed by atoms with E-state index in [2.05, 4.69) is 34.4 Å². The van der Waals surface area contributed by atoms with E-state index >= 15 is 0 Å². The molecule has 0 bridgehead atoms. The van der Waals surface area contributed by atoms with Gasteiger partial charge in [-0.1, -0.05) is 13.8 Å². The first-order chi connectivity index (χ1) is 15.8. The lowest BCUT2D eigenvalue weighted by Gasteiger charge is -2.42. The molecule has 0 unspecified atom stereocenters. The van der Waals surface area contributed by atoms with Gasteiger partial charge in [-0.3, -0.25) is 0 Å². The summed E-state index contributed by atoms with van der Waals surface area (Å²) in [5.74, 6) is -1.07. The summed E-state index contributed by atoms with van der Waals surface area (Å²) in [7, 11) is 1.59. The Balaban J connectivity index is 1.54. The van der Waals surface area contributed by atoms with Gasteiger partial charge in [0.25, 0.3) is 0 Å². The van der Waals surface area contributed by atoms with Crippen molar-refractivity contribution in [1.82, 2.24) is 24.9 Å². The number of nitrogens with one attached hydrogen (secondary N) is 2. The van der Waals surface area contributed by atoms with Crippen LogP contribution in [0.3, 0.4) is 0 Å². The molecule has 2 N–H and O–H groups in total. The number of nitrogens with zero attached hydrogens (tertiary/aromatic N) is 4. The molecule has 3 aromatic heterocycles. The monoisotopic (exact) mass is 460 g/mol. The maximum Gasteiger partial charge on any atom is 0.168 e. The Hall–Kier alpha value is -2.88. The molecule has 2 aliphatic rings. The van der Waals surface area contributed by atoms with E-state index in [1.807, 2.05) is 0 Å². The van der Waals surface area contributed by atoms with Crippen LogP contribution >= 0.6 is 0 Å². The van der Waals surface area contributed by atoms with Crippen LogP contribution in [0.2, 0.25) is 0 Å². The number of imidazole rings is 1. The predicted octanol–water partition coefficient (Wildman–Crippen LogP) is 4.09. The van der Waals surface area contributed by atoms with Gasteiger partial charge in [-0.05, 0) is 31.2 Å². The molecular formula is C23H27F3N6O. The first-order valence-electron chi connectivity index (χ1n) is 11.2. The number of pyridine rings is 1. The highest BCUT2D eigenvalue weighted by atomic mass is 19.1. The number of ether oxygens (including phenoxy) is 1. The van der Waals surface area contributed by atoms with E-state index in [-0.39, 0.29) is 28.5 Å². The number of halogens is 3. The number of fused-ring (bicyclic) bond motifs is 1. The topological polar surface area (TPSA) is 76.4 Å². The van der Waals surface area contributed by atoms with Gasteiger partial charge >= 0.3 is 0 Å². The number of hydrogen-bond acceptors (Lipinski definition) is 6. The number of piperidine rings is 1. The lowest BCUT2D eigenvalue weighted by atomic mass is 9.63. The SMILES string of the molecule is COc1cc2ncc(-c3nc(N[C@H]4CNCC[C@@H]4F)c(F)cc3F)n2nc1C1CC(C)(C)C1. The molecule has 10 heteroatoms. The normalized spacial score (nSPS) is 22.8. The molecule has 0 spiro atoms. The van der Waals surface area contributed by atoms with Gasteiger partial charge in [0.2, 0.25) is 0 Å². The van der Waals surface area contributed by atoms with Crippen molar-refractivity contribution in [2.45, 2.75) is 51.2 Å². The Morgan fingerprint density at radius 3 is 2.70 bits per heavy atom. The van der Waals surface area contributed by atoms with Gasteiger partial charge in [-0.2, -0.15) is 5.10 Å². The summed E-state index contributed by atoms with van der Waals surface area (Å²) < 4.78 is 50.7. The maximum absolute atomic E-state index is 14.9. The molecule has 1 saturated heterocycles. The molecule has 0 radical (unpaired) electrons. The number of alkyl halides is 1. The van der Waals surface area contributed by atoms with E-state index in [4.69, 9.17) is 9.84 Å². The molecule has 1 aliphatic heterocycles. The van der Waals surface area contributed by atoms with Crippen LogP contribution in [0.15, 0.2) is 18.3 Å². The summed E-state index contributed by atoms with van der Waals surface area (Å²) in [5, 5.41) is 10.6. The molecule has 1 aliphatic carbocycles. The molecule has 0 amide bonds. The molecule has 2 fully saturated rings. The Morgan fingerprint density at radius 1 is 1.21 bits per heavy atom. The van der Waals surface area contributed by atoms with Gasteiger partial charge < -0.3 is 15.4 Å². The Labute approximate surface area is 189 Å². The first kappa shape index (κ1) is 21.9. The van der Waals surface area contributed by atoms with Crippen molar-refractivity contribution in [3.63, 3.8) is 0 Å². The van der Waals surface area contributed by atoms with E-state index in [1.165, 1.54) is 10.7 Å². The first-order valence-corrected chi connectivity index (χ1v) is 11.2. The smallest absolute Gasteiger partial charge is 0.168 e. The van der Waals surface area contributed by atoms with Crippen LogP contribution in [0.25, 0.3) is 17.0 Å². The van der Waals surface area contributed by atoms with Crippen LogP contribution in [0.1, 0.15) is 44.7 Å². The highest BCUT2D eigenvalue weighted by molar-refractivity contribution is 5.63. The van der Waals surface area contributed by atoms with Crippen molar-refractivity contribution < 1.29 is 17.9 Å². The third kappa shape index (κ3) is 4.01. The number of aromatic nitrogens is 4. The van der Waals surface area contributed by atoms with Crippen LogP contribution in [0, 0.1) is 17.0 Å². The molecule has 7 nitrogen and oxygen atoms in total. The summed E-state index contributed by atoms with van der Waals surface area (Å²) in [4.78, 5) is 8.51. The molecule has 0 aromatic carbocycles. The summed E-state index contributed by atoms with van der Waals surface area (Å²) >= 11 is 0. The van der Waals surface area contributed by atoms with E-state index in [0.29, 0.717) is 30.9 Å². The molecule has 2 atom stereocenters. The molecule has 33 heavy (non-hydrogen) atoms. The van der Waals surface area contributed by atoms with Crippen LogP contribution < -0.4 is 15.4 Å².